The molecule has 76 valence electrons. The van der Waals surface area contributed by atoms with Crippen molar-refractivity contribution in [2.75, 3.05) is 0 Å². The van der Waals surface area contributed by atoms with Crippen molar-refractivity contribution in [3.8, 4) is 0 Å². The summed E-state index contributed by atoms with van der Waals surface area (Å²) in [5, 5.41) is 0. The highest BCUT2D eigenvalue weighted by atomic mass is 16.1. The van der Waals surface area contributed by atoms with Crippen molar-refractivity contribution >= 4 is 5.91 Å². The summed E-state index contributed by atoms with van der Waals surface area (Å²) in [6, 6.07) is 0. The van der Waals surface area contributed by atoms with Crippen LogP contribution < -0.4 is 5.73 Å². The van der Waals surface area contributed by atoms with Crippen LogP contribution in [0.15, 0.2) is 11.6 Å². The molecule has 13 heavy (non-hydrogen) atoms. The van der Waals surface area contributed by atoms with Crippen molar-refractivity contribution in [3.05, 3.63) is 11.6 Å². The van der Waals surface area contributed by atoms with Gasteiger partial charge in [-0.3, -0.25) is 4.79 Å². The molecule has 0 radical (unpaired) electrons. The first kappa shape index (κ1) is 12.2. The lowest BCUT2D eigenvalue weighted by molar-refractivity contribution is -0.117. The van der Waals surface area contributed by atoms with Gasteiger partial charge in [0.05, 0.1) is 0 Å². The molecule has 2 N–H and O–H groups in total. The average molecular weight is 183 g/mol. The fourth-order valence-corrected chi connectivity index (χ4v) is 1.27. The third-order valence-electron chi connectivity index (χ3n) is 2.00. The molecule has 0 saturated heterocycles. The maximum absolute atomic E-state index is 10.5. The summed E-state index contributed by atoms with van der Waals surface area (Å²) in [4.78, 5) is 10.5. The Kier molecular flexibility index (Phi) is 7.36. The number of hydrogen-bond donors (Lipinski definition) is 1. The molecule has 2 nitrogen and oxygen atoms in total. The van der Waals surface area contributed by atoms with Crippen LogP contribution in [0.25, 0.3) is 0 Å². The second kappa shape index (κ2) is 7.84. The van der Waals surface area contributed by atoms with Gasteiger partial charge in [-0.05, 0) is 19.8 Å². The van der Waals surface area contributed by atoms with Crippen LogP contribution in [0.4, 0.5) is 0 Å². The minimum Gasteiger partial charge on any atom is -0.369 e. The Bertz CT molecular complexity index is 173. The maximum atomic E-state index is 10.5. The highest BCUT2D eigenvalue weighted by molar-refractivity contribution is 5.76. The molecule has 0 aromatic carbocycles. The van der Waals surface area contributed by atoms with Gasteiger partial charge in [-0.25, -0.2) is 0 Å². The lowest BCUT2D eigenvalue weighted by Crippen LogP contribution is -2.10. The largest absolute Gasteiger partial charge is 0.369 e. The number of allylic oxidation sites excluding steroid dienone is 1. The minimum absolute atomic E-state index is 0.234. The van der Waals surface area contributed by atoms with Gasteiger partial charge < -0.3 is 5.73 Å². The van der Waals surface area contributed by atoms with Gasteiger partial charge in [0.25, 0.3) is 0 Å². The van der Waals surface area contributed by atoms with Crippen LogP contribution in [0, 0.1) is 0 Å². The van der Waals surface area contributed by atoms with Gasteiger partial charge in [-0.15, -0.1) is 0 Å². The zero-order chi connectivity index (χ0) is 10.1. The first-order chi connectivity index (χ1) is 6.16. The van der Waals surface area contributed by atoms with E-state index in [0.29, 0.717) is 6.42 Å². The highest BCUT2D eigenvalue weighted by Gasteiger charge is 1.94. The fourth-order valence-electron chi connectivity index (χ4n) is 1.27. The average Bonchev–Trinajstić information content (AvgIpc) is 2.02. The van der Waals surface area contributed by atoms with Gasteiger partial charge in [0, 0.05) is 6.42 Å². The van der Waals surface area contributed by atoms with Crippen LogP contribution in [0.2, 0.25) is 0 Å². The predicted octanol–water partition coefficient (Wildman–Crippen LogP) is 2.78. The number of primary amides is 1. The van der Waals surface area contributed by atoms with Crippen molar-refractivity contribution in [3.63, 3.8) is 0 Å². The highest BCUT2D eigenvalue weighted by Crippen LogP contribution is 2.06. The topological polar surface area (TPSA) is 43.1 Å². The molecule has 1 amide bonds. The molecule has 0 aromatic heterocycles. The number of nitrogens with two attached hydrogens (primary N) is 1. The van der Waals surface area contributed by atoms with Gasteiger partial charge in [0.1, 0.15) is 0 Å². The summed E-state index contributed by atoms with van der Waals surface area (Å²) in [6.45, 7) is 4.17. The summed E-state index contributed by atoms with van der Waals surface area (Å²) in [5.41, 5.74) is 6.17. The van der Waals surface area contributed by atoms with E-state index in [-0.39, 0.29) is 5.91 Å². The molecule has 0 aromatic rings. The summed E-state index contributed by atoms with van der Waals surface area (Å²) >= 11 is 0. The molecule has 0 saturated carbocycles. The van der Waals surface area contributed by atoms with Crippen LogP contribution in [-0.4, -0.2) is 5.91 Å². The summed E-state index contributed by atoms with van der Waals surface area (Å²) in [7, 11) is 0. The Hall–Kier alpha value is -0.790. The van der Waals surface area contributed by atoms with Crippen molar-refractivity contribution in [1.29, 1.82) is 0 Å². The molecule has 0 atom stereocenters. The third-order valence-corrected chi connectivity index (χ3v) is 2.00. The zero-order valence-electron chi connectivity index (χ0n) is 8.81. The molecule has 0 aliphatic rings. The van der Waals surface area contributed by atoms with E-state index < -0.39 is 0 Å². The number of carbonyl (C=O) groups excluding carboxylic acids is 1. The normalized spacial score (nSPS) is 11.7. The van der Waals surface area contributed by atoms with Crippen molar-refractivity contribution in [2.24, 2.45) is 5.73 Å². The molecule has 0 fully saturated rings. The van der Waals surface area contributed by atoms with E-state index in [1.165, 1.54) is 25.7 Å². The Morgan fingerprint density at radius 1 is 1.31 bits per heavy atom. The molecule has 0 heterocycles. The fraction of sp³-hybridized carbons (Fsp3) is 0.727. The molecule has 0 spiro atoms. The maximum Gasteiger partial charge on any atom is 0.221 e. The Labute approximate surface area is 81.2 Å². The van der Waals surface area contributed by atoms with Crippen LogP contribution in [-0.2, 0) is 4.79 Å². The quantitative estimate of drug-likeness (QED) is 0.478. The van der Waals surface area contributed by atoms with E-state index in [4.69, 9.17) is 5.73 Å². The van der Waals surface area contributed by atoms with Gasteiger partial charge in [-0.2, -0.15) is 0 Å². The Morgan fingerprint density at radius 3 is 2.54 bits per heavy atom. The van der Waals surface area contributed by atoms with Crippen molar-refractivity contribution in [1.82, 2.24) is 0 Å². The van der Waals surface area contributed by atoms with E-state index in [1.807, 2.05) is 6.92 Å². The number of hydrogen-bond acceptors (Lipinski definition) is 1. The second-order valence-corrected chi connectivity index (χ2v) is 3.54. The van der Waals surface area contributed by atoms with Gasteiger partial charge in [0.2, 0.25) is 5.91 Å². The number of unbranched alkanes of at least 4 members (excludes halogenated alkanes) is 4. The van der Waals surface area contributed by atoms with E-state index in [9.17, 15) is 4.79 Å². The zero-order valence-corrected chi connectivity index (χ0v) is 8.81. The molecule has 0 aliphatic heterocycles. The monoisotopic (exact) mass is 183 g/mol. The SMILES string of the molecule is CCCCCCC=C(C)CC(N)=O. The first-order valence-corrected chi connectivity index (χ1v) is 5.10. The van der Waals surface area contributed by atoms with Crippen LogP contribution >= 0.6 is 0 Å². The Morgan fingerprint density at radius 2 is 2.00 bits per heavy atom. The molecule has 0 unspecified atom stereocenters. The number of rotatable bonds is 7. The molecular formula is C11H21NO. The van der Waals surface area contributed by atoms with Crippen LogP contribution in [0.1, 0.15) is 52.4 Å². The van der Waals surface area contributed by atoms with Gasteiger partial charge in [-0.1, -0.05) is 37.8 Å². The number of amides is 1. The standard InChI is InChI=1S/C11H21NO/c1-3-4-5-6-7-8-10(2)9-11(12)13/h8H,3-7,9H2,1-2H3,(H2,12,13). The minimum atomic E-state index is -0.234. The molecule has 2 heteroatoms. The van der Waals surface area contributed by atoms with E-state index in [0.717, 1.165) is 12.0 Å². The van der Waals surface area contributed by atoms with Crippen molar-refractivity contribution < 1.29 is 4.79 Å². The summed E-state index contributed by atoms with van der Waals surface area (Å²) in [6.07, 6.45) is 8.71. The summed E-state index contributed by atoms with van der Waals surface area (Å²) < 4.78 is 0. The second-order valence-electron chi connectivity index (χ2n) is 3.54. The molecule has 0 aliphatic carbocycles. The van der Waals surface area contributed by atoms with Crippen LogP contribution in [0.5, 0.6) is 0 Å². The van der Waals surface area contributed by atoms with E-state index >= 15 is 0 Å². The van der Waals surface area contributed by atoms with E-state index in [2.05, 4.69) is 13.0 Å². The lowest BCUT2D eigenvalue weighted by atomic mass is 10.1. The first-order valence-electron chi connectivity index (χ1n) is 5.10. The summed E-state index contributed by atoms with van der Waals surface area (Å²) in [5.74, 6) is -0.234. The smallest absolute Gasteiger partial charge is 0.221 e. The molecule has 0 rings (SSSR count). The van der Waals surface area contributed by atoms with Gasteiger partial charge in [0.15, 0.2) is 0 Å². The number of carbonyl (C=O) groups is 1. The van der Waals surface area contributed by atoms with E-state index in [1.54, 1.807) is 0 Å². The third kappa shape index (κ3) is 9.12. The lowest BCUT2D eigenvalue weighted by Gasteiger charge is -1.98. The van der Waals surface area contributed by atoms with Crippen molar-refractivity contribution in [2.45, 2.75) is 52.4 Å². The van der Waals surface area contributed by atoms with Gasteiger partial charge >= 0.3 is 0 Å². The Balaban J connectivity index is 3.42. The molecule has 0 bridgehead atoms. The predicted molar refractivity (Wildman–Crippen MR) is 56.3 cm³/mol. The van der Waals surface area contributed by atoms with Crippen LogP contribution in [0.3, 0.4) is 0 Å². The molecular weight excluding hydrogens is 162 g/mol.